The highest BCUT2D eigenvalue weighted by molar-refractivity contribution is 6.30. The molecule has 0 fully saturated rings. The molecule has 138 valence electrons. The molecule has 0 saturated heterocycles. The Hall–Kier alpha value is -2.53. The molecule has 0 bridgehead atoms. The zero-order valence-electron chi connectivity index (χ0n) is 15.3. The summed E-state index contributed by atoms with van der Waals surface area (Å²) in [6, 6.07) is 11.7. The van der Waals surface area contributed by atoms with E-state index in [0.717, 1.165) is 5.56 Å². The van der Waals surface area contributed by atoms with E-state index in [0.29, 0.717) is 16.3 Å². The fourth-order valence-corrected chi connectivity index (χ4v) is 2.33. The minimum atomic E-state index is -0.609. The number of hydrogen-bond donors (Lipinski definition) is 1. The van der Waals surface area contributed by atoms with Crippen LogP contribution in [0.1, 0.15) is 43.6 Å². The lowest BCUT2D eigenvalue weighted by molar-refractivity contribution is 0.0735. The molecule has 0 radical (unpaired) electrons. The van der Waals surface area contributed by atoms with E-state index >= 15 is 0 Å². The van der Waals surface area contributed by atoms with Gasteiger partial charge in [0.2, 0.25) is 0 Å². The van der Waals surface area contributed by atoms with Gasteiger partial charge in [0.15, 0.2) is 5.75 Å². The molecule has 0 spiro atoms. The van der Waals surface area contributed by atoms with Crippen molar-refractivity contribution in [3.8, 4) is 5.75 Å². The molecule has 0 aromatic heterocycles. The van der Waals surface area contributed by atoms with Crippen LogP contribution in [0.4, 0.5) is 10.5 Å². The van der Waals surface area contributed by atoms with Crippen molar-refractivity contribution in [2.24, 2.45) is 0 Å². The number of anilines is 1. The topological polar surface area (TPSA) is 64.6 Å². The van der Waals surface area contributed by atoms with Gasteiger partial charge in [-0.2, -0.15) is 0 Å². The lowest BCUT2D eigenvalue weighted by atomic mass is 9.87. The molecule has 2 aromatic carbocycles. The number of carbonyl (C=O) groups is 2. The van der Waals surface area contributed by atoms with E-state index in [9.17, 15) is 9.59 Å². The SMILES string of the molecule is CCOC(=O)Nc1cc(C(C)(C)C)ccc1OC(=O)c1ccc(Cl)cc1. The Morgan fingerprint density at radius 1 is 1.08 bits per heavy atom. The Labute approximate surface area is 158 Å². The molecule has 0 unspecified atom stereocenters. The van der Waals surface area contributed by atoms with Gasteiger partial charge in [0.25, 0.3) is 0 Å². The van der Waals surface area contributed by atoms with Gasteiger partial charge in [0.1, 0.15) is 0 Å². The van der Waals surface area contributed by atoms with Crippen molar-refractivity contribution in [1.82, 2.24) is 0 Å². The monoisotopic (exact) mass is 375 g/mol. The number of nitrogens with one attached hydrogen (secondary N) is 1. The molecule has 0 saturated carbocycles. The van der Waals surface area contributed by atoms with Crippen molar-refractivity contribution in [2.75, 3.05) is 11.9 Å². The molecule has 1 N–H and O–H groups in total. The number of benzene rings is 2. The summed E-state index contributed by atoms with van der Waals surface area (Å²) in [5.41, 5.74) is 1.58. The zero-order valence-corrected chi connectivity index (χ0v) is 16.0. The van der Waals surface area contributed by atoms with E-state index in [4.69, 9.17) is 21.1 Å². The van der Waals surface area contributed by atoms with E-state index in [1.807, 2.05) is 6.07 Å². The van der Waals surface area contributed by atoms with E-state index in [-0.39, 0.29) is 17.8 Å². The van der Waals surface area contributed by atoms with Gasteiger partial charge in [0.05, 0.1) is 17.9 Å². The summed E-state index contributed by atoms with van der Waals surface area (Å²) in [4.78, 5) is 24.2. The molecule has 6 heteroatoms. The summed E-state index contributed by atoms with van der Waals surface area (Å²) >= 11 is 5.84. The van der Waals surface area contributed by atoms with Gasteiger partial charge in [-0.3, -0.25) is 5.32 Å². The van der Waals surface area contributed by atoms with Crippen LogP contribution >= 0.6 is 11.6 Å². The van der Waals surface area contributed by atoms with Gasteiger partial charge < -0.3 is 9.47 Å². The van der Waals surface area contributed by atoms with Crippen LogP contribution in [0, 0.1) is 0 Å². The van der Waals surface area contributed by atoms with Crippen LogP contribution in [-0.4, -0.2) is 18.7 Å². The number of esters is 1. The van der Waals surface area contributed by atoms with Crippen molar-refractivity contribution in [3.05, 3.63) is 58.6 Å². The molecule has 0 aliphatic carbocycles. The van der Waals surface area contributed by atoms with E-state index in [1.165, 1.54) is 0 Å². The van der Waals surface area contributed by atoms with Gasteiger partial charge in [-0.15, -0.1) is 0 Å². The number of carbonyl (C=O) groups excluding carboxylic acids is 2. The van der Waals surface area contributed by atoms with Crippen LogP contribution in [-0.2, 0) is 10.2 Å². The van der Waals surface area contributed by atoms with Crippen LogP contribution in [0.25, 0.3) is 0 Å². The second kappa shape index (κ2) is 8.23. The van der Waals surface area contributed by atoms with Gasteiger partial charge in [-0.05, 0) is 54.3 Å². The molecule has 0 aliphatic rings. The second-order valence-electron chi connectivity index (χ2n) is 6.70. The predicted molar refractivity (Wildman–Crippen MR) is 102 cm³/mol. The average Bonchev–Trinajstić information content (AvgIpc) is 2.56. The quantitative estimate of drug-likeness (QED) is 0.572. The van der Waals surface area contributed by atoms with Gasteiger partial charge in [-0.25, -0.2) is 9.59 Å². The maximum absolute atomic E-state index is 12.4. The first-order chi connectivity index (χ1) is 12.2. The Morgan fingerprint density at radius 3 is 2.31 bits per heavy atom. The van der Waals surface area contributed by atoms with E-state index in [1.54, 1.807) is 43.3 Å². The first-order valence-corrected chi connectivity index (χ1v) is 8.64. The number of halogens is 1. The van der Waals surface area contributed by atoms with Gasteiger partial charge in [-0.1, -0.05) is 38.4 Å². The number of amides is 1. The lowest BCUT2D eigenvalue weighted by Gasteiger charge is -2.21. The predicted octanol–water partition coefficient (Wildman–Crippen LogP) is 5.43. The van der Waals surface area contributed by atoms with Crippen molar-refractivity contribution in [2.45, 2.75) is 33.1 Å². The summed E-state index contributed by atoms with van der Waals surface area (Å²) in [7, 11) is 0. The molecular formula is C20H22ClNO4. The largest absolute Gasteiger partial charge is 0.450 e. The van der Waals surface area contributed by atoms with Crippen LogP contribution < -0.4 is 10.1 Å². The molecule has 0 atom stereocenters. The first-order valence-electron chi connectivity index (χ1n) is 8.26. The second-order valence-corrected chi connectivity index (χ2v) is 7.14. The molecule has 26 heavy (non-hydrogen) atoms. The Balaban J connectivity index is 2.31. The van der Waals surface area contributed by atoms with Crippen LogP contribution in [0.3, 0.4) is 0 Å². The molecular weight excluding hydrogens is 354 g/mol. The fraction of sp³-hybridized carbons (Fsp3) is 0.300. The smallest absolute Gasteiger partial charge is 0.411 e. The third kappa shape index (κ3) is 5.23. The van der Waals surface area contributed by atoms with E-state index in [2.05, 4.69) is 26.1 Å². The standard InChI is InChI=1S/C20H22ClNO4/c1-5-25-19(24)22-16-12-14(20(2,3)4)8-11-17(16)26-18(23)13-6-9-15(21)10-7-13/h6-12H,5H2,1-4H3,(H,22,24). The van der Waals surface area contributed by atoms with Crippen LogP contribution in [0.15, 0.2) is 42.5 Å². The minimum absolute atomic E-state index is 0.135. The number of rotatable bonds is 4. The summed E-state index contributed by atoms with van der Waals surface area (Å²) < 4.78 is 10.4. The molecule has 0 aliphatic heterocycles. The van der Waals surface area contributed by atoms with Gasteiger partial charge >= 0.3 is 12.1 Å². The lowest BCUT2D eigenvalue weighted by Crippen LogP contribution is -2.18. The third-order valence-corrected chi connectivity index (χ3v) is 3.89. The fourth-order valence-electron chi connectivity index (χ4n) is 2.21. The highest BCUT2D eigenvalue weighted by atomic mass is 35.5. The first kappa shape index (κ1) is 19.8. The Morgan fingerprint density at radius 2 is 1.73 bits per heavy atom. The third-order valence-electron chi connectivity index (χ3n) is 3.64. The summed E-state index contributed by atoms with van der Waals surface area (Å²) in [6.07, 6.45) is -0.609. The summed E-state index contributed by atoms with van der Waals surface area (Å²) in [5, 5.41) is 3.16. The minimum Gasteiger partial charge on any atom is -0.450 e. The maximum Gasteiger partial charge on any atom is 0.411 e. The molecule has 1 amide bonds. The average molecular weight is 376 g/mol. The number of ether oxygens (including phenoxy) is 2. The van der Waals surface area contributed by atoms with Crippen LogP contribution in [0.5, 0.6) is 5.75 Å². The maximum atomic E-state index is 12.4. The highest BCUT2D eigenvalue weighted by Gasteiger charge is 2.19. The number of hydrogen-bond acceptors (Lipinski definition) is 4. The van der Waals surface area contributed by atoms with Crippen molar-refractivity contribution >= 4 is 29.4 Å². The van der Waals surface area contributed by atoms with E-state index < -0.39 is 12.1 Å². The summed E-state index contributed by atoms with van der Waals surface area (Å²) in [6.45, 7) is 8.11. The van der Waals surface area contributed by atoms with Crippen LogP contribution in [0.2, 0.25) is 5.02 Å². The Bertz CT molecular complexity index is 794. The van der Waals surface area contributed by atoms with Gasteiger partial charge in [0, 0.05) is 5.02 Å². The van der Waals surface area contributed by atoms with Crippen molar-refractivity contribution < 1.29 is 19.1 Å². The Kier molecular flexibility index (Phi) is 6.27. The normalized spacial score (nSPS) is 11.0. The zero-order chi connectivity index (χ0) is 19.3. The van der Waals surface area contributed by atoms with Crippen molar-refractivity contribution in [3.63, 3.8) is 0 Å². The summed E-state index contributed by atoms with van der Waals surface area (Å²) in [5.74, 6) is -0.303. The van der Waals surface area contributed by atoms with Crippen molar-refractivity contribution in [1.29, 1.82) is 0 Å². The molecule has 5 nitrogen and oxygen atoms in total. The molecule has 2 rings (SSSR count). The molecule has 2 aromatic rings. The molecule has 0 heterocycles. The highest BCUT2D eigenvalue weighted by Crippen LogP contribution is 2.32.